The lowest BCUT2D eigenvalue weighted by Gasteiger charge is -2.19. The van der Waals surface area contributed by atoms with E-state index in [4.69, 9.17) is 14.2 Å². The SMILES string of the molecule is CCCCCCOc1ccc2c(OCCCC)c(OCCCC)c(=O)n(CCCC)c2c1. The molecule has 1 heterocycles. The molecule has 0 amide bonds. The van der Waals surface area contributed by atoms with Crippen molar-refractivity contribution in [3.8, 4) is 17.2 Å². The van der Waals surface area contributed by atoms with Crippen LogP contribution in [0.15, 0.2) is 23.0 Å². The Balaban J connectivity index is 2.46. The van der Waals surface area contributed by atoms with E-state index in [1.54, 1.807) is 0 Å². The Morgan fingerprint density at radius 2 is 1.31 bits per heavy atom. The number of aryl methyl sites for hydroxylation is 1. The molecule has 0 atom stereocenters. The monoisotopic (exact) mass is 445 g/mol. The van der Waals surface area contributed by atoms with E-state index in [1.807, 2.05) is 22.8 Å². The van der Waals surface area contributed by atoms with Crippen LogP contribution in [0.5, 0.6) is 17.2 Å². The average molecular weight is 446 g/mol. The number of benzene rings is 1. The van der Waals surface area contributed by atoms with Crippen LogP contribution < -0.4 is 19.8 Å². The molecule has 0 radical (unpaired) electrons. The average Bonchev–Trinajstić information content (AvgIpc) is 2.80. The number of unbranched alkanes of at least 4 members (excludes halogenated alkanes) is 6. The van der Waals surface area contributed by atoms with E-state index in [0.717, 1.165) is 61.6 Å². The summed E-state index contributed by atoms with van der Waals surface area (Å²) in [6.07, 6.45) is 10.5. The van der Waals surface area contributed by atoms with Gasteiger partial charge in [0.1, 0.15) is 5.75 Å². The summed E-state index contributed by atoms with van der Waals surface area (Å²) in [5.74, 6) is 1.74. The number of nitrogens with zero attached hydrogens (tertiary/aromatic N) is 1. The van der Waals surface area contributed by atoms with Crippen LogP contribution in [0.1, 0.15) is 91.9 Å². The fourth-order valence-electron chi connectivity index (χ4n) is 3.63. The third-order valence-corrected chi connectivity index (χ3v) is 5.64. The van der Waals surface area contributed by atoms with E-state index in [0.29, 0.717) is 37.9 Å². The Bertz CT molecular complexity index is 859. The van der Waals surface area contributed by atoms with Gasteiger partial charge in [0.05, 0.1) is 25.3 Å². The van der Waals surface area contributed by atoms with Gasteiger partial charge in [0, 0.05) is 18.0 Å². The highest BCUT2D eigenvalue weighted by Crippen LogP contribution is 2.35. The molecule has 1 aromatic heterocycles. The molecule has 180 valence electrons. The Labute approximate surface area is 194 Å². The summed E-state index contributed by atoms with van der Waals surface area (Å²) in [5.41, 5.74) is 0.762. The molecule has 5 heteroatoms. The van der Waals surface area contributed by atoms with Crippen molar-refractivity contribution in [1.82, 2.24) is 4.57 Å². The van der Waals surface area contributed by atoms with Gasteiger partial charge in [0.25, 0.3) is 5.56 Å². The Kier molecular flexibility index (Phi) is 12.1. The summed E-state index contributed by atoms with van der Waals surface area (Å²) in [4.78, 5) is 13.5. The van der Waals surface area contributed by atoms with Gasteiger partial charge in [0.2, 0.25) is 5.75 Å². The highest BCUT2D eigenvalue weighted by Gasteiger charge is 2.20. The van der Waals surface area contributed by atoms with Crippen molar-refractivity contribution in [2.75, 3.05) is 19.8 Å². The van der Waals surface area contributed by atoms with Crippen LogP contribution in [-0.2, 0) is 6.54 Å². The van der Waals surface area contributed by atoms with Crippen LogP contribution in [0, 0.1) is 0 Å². The molecule has 1 aromatic carbocycles. The molecule has 0 fully saturated rings. The first-order chi connectivity index (χ1) is 15.7. The van der Waals surface area contributed by atoms with Crippen molar-refractivity contribution in [3.63, 3.8) is 0 Å². The van der Waals surface area contributed by atoms with E-state index in [1.165, 1.54) is 19.3 Å². The van der Waals surface area contributed by atoms with Gasteiger partial charge in [-0.3, -0.25) is 4.79 Å². The minimum atomic E-state index is -0.103. The van der Waals surface area contributed by atoms with Crippen LogP contribution in [0.4, 0.5) is 0 Å². The molecular weight excluding hydrogens is 402 g/mol. The van der Waals surface area contributed by atoms with Crippen molar-refractivity contribution < 1.29 is 14.2 Å². The Morgan fingerprint density at radius 3 is 1.97 bits per heavy atom. The lowest BCUT2D eigenvalue weighted by Crippen LogP contribution is -2.24. The minimum absolute atomic E-state index is 0.103. The fraction of sp³-hybridized carbons (Fsp3) is 0.667. The van der Waals surface area contributed by atoms with E-state index >= 15 is 0 Å². The van der Waals surface area contributed by atoms with Crippen molar-refractivity contribution >= 4 is 10.9 Å². The van der Waals surface area contributed by atoms with Crippen molar-refractivity contribution in [2.45, 2.75) is 98.4 Å². The predicted octanol–water partition coefficient (Wildman–Crippen LogP) is 7.12. The van der Waals surface area contributed by atoms with Crippen LogP contribution >= 0.6 is 0 Å². The molecule has 0 N–H and O–H groups in total. The standard InChI is InChI=1S/C27H43NO4/c1-5-9-13-14-20-30-22-15-16-23-24(21-22)28(17-10-6-2)27(29)26(32-19-12-8-4)25(23)31-18-11-7-3/h15-16,21H,5-14,17-20H2,1-4H3. The highest BCUT2D eigenvalue weighted by molar-refractivity contribution is 5.89. The zero-order valence-corrected chi connectivity index (χ0v) is 20.7. The van der Waals surface area contributed by atoms with Crippen LogP contribution in [0.2, 0.25) is 0 Å². The van der Waals surface area contributed by atoms with Gasteiger partial charge in [0.15, 0.2) is 5.75 Å². The fourth-order valence-corrected chi connectivity index (χ4v) is 3.63. The summed E-state index contributed by atoms with van der Waals surface area (Å²) in [6.45, 7) is 11.0. The lowest BCUT2D eigenvalue weighted by atomic mass is 10.1. The summed E-state index contributed by atoms with van der Waals surface area (Å²) >= 11 is 0. The number of pyridine rings is 1. The number of hydrogen-bond acceptors (Lipinski definition) is 4. The second kappa shape index (κ2) is 14.8. The molecule has 0 aliphatic heterocycles. The van der Waals surface area contributed by atoms with Crippen molar-refractivity contribution in [3.05, 3.63) is 28.6 Å². The number of ether oxygens (including phenoxy) is 3. The molecule has 0 saturated heterocycles. The quantitative estimate of drug-likeness (QED) is 0.243. The molecule has 0 aliphatic carbocycles. The van der Waals surface area contributed by atoms with E-state index in [9.17, 15) is 4.79 Å². The summed E-state index contributed by atoms with van der Waals surface area (Å²) < 4.78 is 20.0. The topological polar surface area (TPSA) is 49.7 Å². The first-order valence-corrected chi connectivity index (χ1v) is 12.8. The second-order valence-corrected chi connectivity index (χ2v) is 8.46. The van der Waals surface area contributed by atoms with Crippen LogP contribution in [0.25, 0.3) is 10.9 Å². The van der Waals surface area contributed by atoms with Crippen molar-refractivity contribution in [1.29, 1.82) is 0 Å². The molecule has 2 rings (SSSR count). The maximum absolute atomic E-state index is 13.5. The predicted molar refractivity (Wildman–Crippen MR) is 134 cm³/mol. The largest absolute Gasteiger partial charge is 0.494 e. The molecule has 0 spiro atoms. The zero-order chi connectivity index (χ0) is 23.2. The number of fused-ring (bicyclic) bond motifs is 1. The molecule has 0 unspecified atom stereocenters. The van der Waals surface area contributed by atoms with Crippen LogP contribution in [-0.4, -0.2) is 24.4 Å². The maximum atomic E-state index is 13.5. The van der Waals surface area contributed by atoms with Gasteiger partial charge >= 0.3 is 0 Å². The summed E-state index contributed by atoms with van der Waals surface area (Å²) in [6, 6.07) is 6.00. The minimum Gasteiger partial charge on any atom is -0.494 e. The van der Waals surface area contributed by atoms with Gasteiger partial charge in [-0.15, -0.1) is 0 Å². The Morgan fingerprint density at radius 1 is 0.688 bits per heavy atom. The van der Waals surface area contributed by atoms with Gasteiger partial charge in [-0.25, -0.2) is 0 Å². The molecule has 0 saturated carbocycles. The second-order valence-electron chi connectivity index (χ2n) is 8.46. The Hall–Kier alpha value is -2.17. The molecule has 2 aromatic rings. The lowest BCUT2D eigenvalue weighted by molar-refractivity contribution is 0.259. The molecule has 32 heavy (non-hydrogen) atoms. The zero-order valence-electron chi connectivity index (χ0n) is 20.7. The third kappa shape index (κ3) is 7.46. The molecule has 0 bridgehead atoms. The number of hydrogen-bond donors (Lipinski definition) is 0. The van der Waals surface area contributed by atoms with Gasteiger partial charge in [-0.2, -0.15) is 0 Å². The molecule has 0 aliphatic rings. The number of rotatable bonds is 17. The van der Waals surface area contributed by atoms with Gasteiger partial charge in [-0.05, 0) is 37.8 Å². The van der Waals surface area contributed by atoms with E-state index in [2.05, 4.69) is 27.7 Å². The third-order valence-electron chi connectivity index (χ3n) is 5.64. The summed E-state index contributed by atoms with van der Waals surface area (Å²) in [5, 5.41) is 0.918. The smallest absolute Gasteiger partial charge is 0.297 e. The first kappa shape index (κ1) is 26.1. The van der Waals surface area contributed by atoms with Gasteiger partial charge < -0.3 is 18.8 Å². The summed E-state index contributed by atoms with van der Waals surface area (Å²) in [7, 11) is 0. The first-order valence-electron chi connectivity index (χ1n) is 12.8. The molecular formula is C27H43NO4. The van der Waals surface area contributed by atoms with Gasteiger partial charge in [-0.1, -0.05) is 66.2 Å². The van der Waals surface area contributed by atoms with Crippen LogP contribution in [0.3, 0.4) is 0 Å². The maximum Gasteiger partial charge on any atom is 0.297 e. The highest BCUT2D eigenvalue weighted by atomic mass is 16.5. The van der Waals surface area contributed by atoms with Crippen molar-refractivity contribution in [2.24, 2.45) is 0 Å². The molecule has 5 nitrogen and oxygen atoms in total. The number of aromatic nitrogens is 1. The van der Waals surface area contributed by atoms with E-state index in [-0.39, 0.29) is 5.56 Å². The van der Waals surface area contributed by atoms with E-state index < -0.39 is 0 Å². The normalized spacial score (nSPS) is 11.1.